The minimum absolute atomic E-state index is 0.126. The molecule has 0 bridgehead atoms. The van der Waals surface area contributed by atoms with Gasteiger partial charge >= 0.3 is 0 Å². The second-order valence-corrected chi connectivity index (χ2v) is 7.70. The number of anilines is 1. The number of benzene rings is 1. The van der Waals surface area contributed by atoms with E-state index in [9.17, 15) is 0 Å². The third-order valence-electron chi connectivity index (χ3n) is 5.54. The Bertz CT molecular complexity index is 570. The Morgan fingerprint density at radius 1 is 1.17 bits per heavy atom. The summed E-state index contributed by atoms with van der Waals surface area (Å²) >= 11 is 0. The van der Waals surface area contributed by atoms with Gasteiger partial charge < -0.3 is 26.0 Å². The zero-order valence-electron chi connectivity index (χ0n) is 18.8. The number of methoxy groups -OCH3 is 1. The summed E-state index contributed by atoms with van der Waals surface area (Å²) < 4.78 is 5.56. The van der Waals surface area contributed by atoms with Crippen LogP contribution in [0.25, 0.3) is 0 Å². The smallest absolute Gasteiger partial charge is 0.136 e. The lowest BCUT2D eigenvalue weighted by atomic mass is 10.1. The highest BCUT2D eigenvalue weighted by atomic mass is 16.5. The van der Waals surface area contributed by atoms with Gasteiger partial charge in [-0.3, -0.25) is 10.2 Å². The number of ether oxygens (including phenoxy) is 1. The van der Waals surface area contributed by atoms with E-state index in [0.29, 0.717) is 6.17 Å². The van der Waals surface area contributed by atoms with E-state index >= 15 is 0 Å². The molecule has 166 valence electrons. The minimum Gasteiger partial charge on any atom is -0.496 e. The number of unbranched alkanes of at least 4 members (excludes halogenated alkanes) is 3. The predicted molar refractivity (Wildman–Crippen MR) is 122 cm³/mol. The molecule has 2 unspecified atom stereocenters. The summed E-state index contributed by atoms with van der Waals surface area (Å²) in [7, 11) is 5.77. The average molecular weight is 407 g/mol. The summed E-state index contributed by atoms with van der Waals surface area (Å²) in [5.41, 5.74) is 2.29. The Morgan fingerprint density at radius 2 is 2.03 bits per heavy atom. The molecule has 1 heterocycles. The fraction of sp³-hybridized carbons (Fsp3) is 0.727. The first-order chi connectivity index (χ1) is 14.2. The monoisotopic (exact) mass is 406 g/mol. The van der Waals surface area contributed by atoms with Crippen molar-refractivity contribution in [3.05, 3.63) is 23.8 Å². The van der Waals surface area contributed by atoms with Crippen molar-refractivity contribution < 1.29 is 4.74 Å². The molecule has 29 heavy (non-hydrogen) atoms. The van der Waals surface area contributed by atoms with Crippen molar-refractivity contribution in [2.45, 2.75) is 58.0 Å². The van der Waals surface area contributed by atoms with Gasteiger partial charge in [-0.2, -0.15) is 0 Å². The molecule has 0 spiro atoms. The third kappa shape index (κ3) is 7.75. The van der Waals surface area contributed by atoms with Crippen molar-refractivity contribution in [3.63, 3.8) is 0 Å². The lowest BCUT2D eigenvalue weighted by Crippen LogP contribution is -2.63. The Labute approximate surface area is 177 Å². The molecule has 2 rings (SSSR count). The molecule has 0 amide bonds. The van der Waals surface area contributed by atoms with Crippen LogP contribution in [-0.2, 0) is 6.54 Å². The lowest BCUT2D eigenvalue weighted by Gasteiger charge is -2.43. The Hall–Kier alpha value is -1.38. The molecule has 0 aromatic heterocycles. The topological polar surface area (TPSA) is 72.6 Å². The number of likely N-dealkylation sites (N-methyl/N-ethyl adjacent to an activating group) is 1. The van der Waals surface area contributed by atoms with E-state index in [-0.39, 0.29) is 6.29 Å². The van der Waals surface area contributed by atoms with Crippen LogP contribution in [0.15, 0.2) is 18.2 Å². The Kier molecular flexibility index (Phi) is 11.3. The molecule has 1 aliphatic heterocycles. The van der Waals surface area contributed by atoms with Crippen LogP contribution >= 0.6 is 0 Å². The van der Waals surface area contributed by atoms with Crippen LogP contribution in [0.4, 0.5) is 5.69 Å². The van der Waals surface area contributed by atoms with Gasteiger partial charge in [0.15, 0.2) is 0 Å². The standard InChI is InChI=1S/C22H42N6O/c1-5-6-7-8-15-28-21(24-3)11-12-26-22(28)27-19-9-10-20(29-4)18(16-19)17-25-14-13-23-2/h9-10,16,21-27H,5-8,11-15,17H2,1-4H3. The van der Waals surface area contributed by atoms with Crippen LogP contribution in [0.1, 0.15) is 44.6 Å². The molecule has 1 aliphatic rings. The first kappa shape index (κ1) is 23.9. The van der Waals surface area contributed by atoms with Crippen molar-refractivity contribution in [1.82, 2.24) is 26.2 Å². The maximum Gasteiger partial charge on any atom is 0.136 e. The van der Waals surface area contributed by atoms with Gasteiger partial charge in [0, 0.05) is 44.0 Å². The molecular formula is C22H42N6O. The fourth-order valence-electron chi connectivity index (χ4n) is 3.87. The molecule has 0 aliphatic carbocycles. The molecule has 1 aromatic rings. The van der Waals surface area contributed by atoms with Gasteiger partial charge in [-0.15, -0.1) is 0 Å². The van der Waals surface area contributed by atoms with Crippen LogP contribution < -0.4 is 31.3 Å². The van der Waals surface area contributed by atoms with Gasteiger partial charge in [0.05, 0.1) is 13.3 Å². The number of hydrogen-bond acceptors (Lipinski definition) is 7. The molecule has 0 saturated carbocycles. The van der Waals surface area contributed by atoms with Crippen LogP contribution in [0.5, 0.6) is 5.75 Å². The van der Waals surface area contributed by atoms with Crippen molar-refractivity contribution in [3.8, 4) is 5.75 Å². The molecule has 1 saturated heterocycles. The van der Waals surface area contributed by atoms with E-state index in [1.807, 2.05) is 7.05 Å². The number of hydrogen-bond donors (Lipinski definition) is 5. The zero-order chi connectivity index (χ0) is 20.9. The first-order valence-electron chi connectivity index (χ1n) is 11.2. The fourth-order valence-corrected chi connectivity index (χ4v) is 3.87. The van der Waals surface area contributed by atoms with Crippen LogP contribution in [0.2, 0.25) is 0 Å². The number of nitrogens with one attached hydrogen (secondary N) is 5. The SMILES string of the molecule is CCCCCCN1C(NC)CCNC1Nc1ccc(OC)c(CNCCNC)c1. The molecule has 5 N–H and O–H groups in total. The average Bonchev–Trinajstić information content (AvgIpc) is 2.75. The van der Waals surface area contributed by atoms with Gasteiger partial charge in [0.1, 0.15) is 12.0 Å². The van der Waals surface area contributed by atoms with E-state index in [1.54, 1.807) is 7.11 Å². The van der Waals surface area contributed by atoms with Crippen molar-refractivity contribution in [2.24, 2.45) is 0 Å². The minimum atomic E-state index is 0.126. The molecule has 2 atom stereocenters. The van der Waals surface area contributed by atoms with E-state index in [0.717, 1.165) is 50.6 Å². The number of nitrogens with zero attached hydrogens (tertiary/aromatic N) is 1. The second-order valence-electron chi connectivity index (χ2n) is 7.70. The quantitative estimate of drug-likeness (QED) is 0.303. The lowest BCUT2D eigenvalue weighted by molar-refractivity contribution is 0.0678. The van der Waals surface area contributed by atoms with Crippen LogP contribution in [0, 0.1) is 0 Å². The molecule has 7 nitrogen and oxygen atoms in total. The van der Waals surface area contributed by atoms with Crippen molar-refractivity contribution in [1.29, 1.82) is 0 Å². The van der Waals surface area contributed by atoms with Gasteiger partial charge in [0.2, 0.25) is 0 Å². The maximum atomic E-state index is 5.56. The highest BCUT2D eigenvalue weighted by Crippen LogP contribution is 2.24. The maximum absolute atomic E-state index is 5.56. The summed E-state index contributed by atoms with van der Waals surface area (Å²) in [5.74, 6) is 0.925. The van der Waals surface area contributed by atoms with Gasteiger partial charge in [0.25, 0.3) is 0 Å². The van der Waals surface area contributed by atoms with E-state index in [2.05, 4.69) is 63.7 Å². The Morgan fingerprint density at radius 3 is 2.76 bits per heavy atom. The second kappa shape index (κ2) is 13.8. The van der Waals surface area contributed by atoms with E-state index in [1.165, 1.54) is 31.2 Å². The predicted octanol–water partition coefficient (Wildman–Crippen LogP) is 2.12. The molecule has 1 fully saturated rings. The summed E-state index contributed by atoms with van der Waals surface area (Å²) in [4.78, 5) is 2.52. The van der Waals surface area contributed by atoms with Crippen LogP contribution in [-0.4, -0.2) is 64.7 Å². The molecule has 0 radical (unpaired) electrons. The number of rotatable bonds is 14. The van der Waals surface area contributed by atoms with Crippen molar-refractivity contribution >= 4 is 5.69 Å². The van der Waals surface area contributed by atoms with E-state index in [4.69, 9.17) is 4.74 Å². The van der Waals surface area contributed by atoms with Crippen LogP contribution in [0.3, 0.4) is 0 Å². The van der Waals surface area contributed by atoms with Gasteiger partial charge in [-0.1, -0.05) is 26.2 Å². The summed E-state index contributed by atoms with van der Waals surface area (Å²) in [5, 5.41) is 17.5. The Balaban J connectivity index is 2.03. The van der Waals surface area contributed by atoms with Gasteiger partial charge in [-0.05, 0) is 45.1 Å². The largest absolute Gasteiger partial charge is 0.496 e. The van der Waals surface area contributed by atoms with Crippen molar-refractivity contribution in [2.75, 3.05) is 52.7 Å². The molecule has 1 aromatic carbocycles. The molecular weight excluding hydrogens is 364 g/mol. The zero-order valence-corrected chi connectivity index (χ0v) is 18.8. The van der Waals surface area contributed by atoms with Gasteiger partial charge in [-0.25, -0.2) is 0 Å². The highest BCUT2D eigenvalue weighted by Gasteiger charge is 2.28. The summed E-state index contributed by atoms with van der Waals surface area (Å²) in [6, 6.07) is 6.36. The third-order valence-corrected chi connectivity index (χ3v) is 5.54. The molecule has 7 heteroatoms. The highest BCUT2D eigenvalue weighted by molar-refractivity contribution is 5.51. The first-order valence-corrected chi connectivity index (χ1v) is 11.2. The normalized spacial score (nSPS) is 20.0. The summed E-state index contributed by atoms with van der Waals surface area (Å²) in [6.45, 7) is 7.02. The van der Waals surface area contributed by atoms with E-state index < -0.39 is 0 Å². The summed E-state index contributed by atoms with van der Waals surface area (Å²) in [6.07, 6.45) is 6.75.